The van der Waals surface area contributed by atoms with Gasteiger partial charge in [-0.2, -0.15) is 0 Å². The third-order valence-corrected chi connectivity index (χ3v) is 5.21. The normalized spacial score (nSPS) is 21.1. The van der Waals surface area contributed by atoms with Gasteiger partial charge in [-0.3, -0.25) is 9.89 Å². The number of aliphatic imine (C=N–C) groups is 1. The second-order valence-electron chi connectivity index (χ2n) is 7.19. The molecule has 1 fully saturated rings. The van der Waals surface area contributed by atoms with Crippen LogP contribution < -0.4 is 10.6 Å². The van der Waals surface area contributed by atoms with E-state index in [1.165, 1.54) is 11.6 Å². The van der Waals surface area contributed by atoms with E-state index in [-0.39, 0.29) is 5.82 Å². The van der Waals surface area contributed by atoms with Crippen LogP contribution in [-0.2, 0) is 13.1 Å². The molecule has 0 radical (unpaired) electrons. The van der Waals surface area contributed by atoms with Crippen molar-refractivity contribution in [2.24, 2.45) is 4.99 Å². The van der Waals surface area contributed by atoms with Crippen molar-refractivity contribution in [3.05, 3.63) is 71.5 Å². The largest absolute Gasteiger partial charge is 0.354 e. The van der Waals surface area contributed by atoms with E-state index in [1.54, 1.807) is 19.2 Å². The molecule has 2 aromatic rings. The van der Waals surface area contributed by atoms with Gasteiger partial charge in [-0.25, -0.2) is 4.39 Å². The number of nitrogens with zero attached hydrogens (tertiary/aromatic N) is 2. The van der Waals surface area contributed by atoms with Crippen LogP contribution in [0.15, 0.2) is 59.6 Å². The van der Waals surface area contributed by atoms with Gasteiger partial charge >= 0.3 is 0 Å². The van der Waals surface area contributed by atoms with Crippen LogP contribution in [0.1, 0.15) is 30.9 Å². The Morgan fingerprint density at radius 3 is 2.59 bits per heavy atom. The number of hydrogen-bond acceptors (Lipinski definition) is 2. The molecule has 1 aliphatic heterocycles. The summed E-state index contributed by atoms with van der Waals surface area (Å²) < 4.78 is 13.8. The van der Waals surface area contributed by atoms with Crippen molar-refractivity contribution < 1.29 is 4.39 Å². The molecule has 2 N–H and O–H groups in total. The standard InChI is InChI=1S/C22H29FN4/c1-17-14-20(12-13-27(17)16-18-8-4-3-5-9-18)26-22(24-2)25-15-19-10-6-7-11-21(19)23/h3-11,17,20H,12-16H2,1-2H3,(H2,24,25,26). The van der Waals surface area contributed by atoms with Crippen LogP contribution in [0, 0.1) is 5.82 Å². The van der Waals surface area contributed by atoms with Gasteiger partial charge in [-0.05, 0) is 31.4 Å². The summed E-state index contributed by atoms with van der Waals surface area (Å²) in [5.74, 6) is 0.537. The number of guanidine groups is 1. The first-order chi connectivity index (χ1) is 13.2. The Morgan fingerprint density at radius 2 is 1.89 bits per heavy atom. The van der Waals surface area contributed by atoms with Gasteiger partial charge in [0.15, 0.2) is 5.96 Å². The van der Waals surface area contributed by atoms with Gasteiger partial charge in [-0.1, -0.05) is 48.5 Å². The molecule has 4 nitrogen and oxygen atoms in total. The van der Waals surface area contributed by atoms with Gasteiger partial charge in [0.1, 0.15) is 5.82 Å². The molecular weight excluding hydrogens is 339 g/mol. The van der Waals surface area contributed by atoms with Crippen LogP contribution in [0.4, 0.5) is 4.39 Å². The van der Waals surface area contributed by atoms with Crippen molar-refractivity contribution in [1.82, 2.24) is 15.5 Å². The molecule has 27 heavy (non-hydrogen) atoms. The summed E-state index contributed by atoms with van der Waals surface area (Å²) in [4.78, 5) is 6.83. The van der Waals surface area contributed by atoms with Crippen molar-refractivity contribution in [3.8, 4) is 0 Å². The molecule has 0 spiro atoms. The summed E-state index contributed by atoms with van der Waals surface area (Å²) in [6.45, 7) is 4.76. The van der Waals surface area contributed by atoms with Crippen molar-refractivity contribution >= 4 is 5.96 Å². The lowest BCUT2D eigenvalue weighted by atomic mass is 9.97. The Hall–Kier alpha value is -2.40. The fourth-order valence-electron chi connectivity index (χ4n) is 3.61. The molecular formula is C22H29FN4. The second kappa shape index (κ2) is 9.51. The van der Waals surface area contributed by atoms with E-state index in [2.05, 4.69) is 57.8 Å². The zero-order valence-corrected chi connectivity index (χ0v) is 16.2. The fraction of sp³-hybridized carbons (Fsp3) is 0.409. The molecule has 2 unspecified atom stereocenters. The van der Waals surface area contributed by atoms with Crippen molar-refractivity contribution in [2.45, 2.75) is 44.9 Å². The lowest BCUT2D eigenvalue weighted by Gasteiger charge is -2.38. The smallest absolute Gasteiger partial charge is 0.191 e. The lowest BCUT2D eigenvalue weighted by Crippen LogP contribution is -2.51. The first kappa shape index (κ1) is 19.4. The van der Waals surface area contributed by atoms with Crippen molar-refractivity contribution in [3.63, 3.8) is 0 Å². The molecule has 5 heteroatoms. The minimum atomic E-state index is -0.191. The van der Waals surface area contributed by atoms with E-state index in [0.29, 0.717) is 24.2 Å². The van der Waals surface area contributed by atoms with Crippen LogP contribution >= 0.6 is 0 Å². The lowest BCUT2D eigenvalue weighted by molar-refractivity contribution is 0.134. The predicted octanol–water partition coefficient (Wildman–Crippen LogP) is 3.54. The number of benzene rings is 2. The van der Waals surface area contributed by atoms with E-state index in [4.69, 9.17) is 0 Å². The molecule has 0 bridgehead atoms. The minimum absolute atomic E-state index is 0.191. The maximum absolute atomic E-state index is 13.8. The van der Waals surface area contributed by atoms with E-state index in [0.717, 1.165) is 31.9 Å². The number of hydrogen-bond donors (Lipinski definition) is 2. The number of piperidine rings is 1. The highest BCUT2D eigenvalue weighted by molar-refractivity contribution is 5.79. The summed E-state index contributed by atoms with van der Waals surface area (Å²) in [6.07, 6.45) is 2.13. The molecule has 1 saturated heterocycles. The van der Waals surface area contributed by atoms with Crippen LogP contribution in [-0.4, -0.2) is 36.5 Å². The van der Waals surface area contributed by atoms with Gasteiger partial charge in [0.05, 0.1) is 0 Å². The first-order valence-corrected chi connectivity index (χ1v) is 9.64. The third-order valence-electron chi connectivity index (χ3n) is 5.21. The Morgan fingerprint density at radius 1 is 1.15 bits per heavy atom. The summed E-state index contributed by atoms with van der Waals surface area (Å²) in [6, 6.07) is 18.3. The highest BCUT2D eigenvalue weighted by atomic mass is 19.1. The van der Waals surface area contributed by atoms with Crippen LogP contribution in [0.5, 0.6) is 0 Å². The van der Waals surface area contributed by atoms with E-state index < -0.39 is 0 Å². The summed E-state index contributed by atoms with van der Waals surface area (Å²) >= 11 is 0. The average molecular weight is 369 g/mol. The van der Waals surface area contributed by atoms with Gasteiger partial charge in [0, 0.05) is 44.3 Å². The summed E-state index contributed by atoms with van der Waals surface area (Å²) in [7, 11) is 1.75. The molecule has 3 rings (SSSR count). The fourth-order valence-corrected chi connectivity index (χ4v) is 3.61. The molecule has 144 valence electrons. The summed E-state index contributed by atoms with van der Waals surface area (Å²) in [5, 5.41) is 6.72. The highest BCUT2D eigenvalue weighted by Gasteiger charge is 2.25. The van der Waals surface area contributed by atoms with E-state index in [1.807, 2.05) is 6.07 Å². The van der Waals surface area contributed by atoms with E-state index >= 15 is 0 Å². The number of rotatable bonds is 5. The first-order valence-electron chi connectivity index (χ1n) is 9.64. The SMILES string of the molecule is CN=C(NCc1ccccc1F)NC1CCN(Cc2ccccc2)C(C)C1. The number of nitrogens with one attached hydrogen (secondary N) is 2. The molecule has 0 aliphatic carbocycles. The monoisotopic (exact) mass is 368 g/mol. The summed E-state index contributed by atoms with van der Waals surface area (Å²) in [5.41, 5.74) is 2.00. The zero-order valence-electron chi connectivity index (χ0n) is 16.2. The molecule has 1 aliphatic rings. The zero-order chi connectivity index (χ0) is 19.1. The number of halogens is 1. The van der Waals surface area contributed by atoms with Gasteiger partial charge in [0.2, 0.25) is 0 Å². The molecule has 0 amide bonds. The quantitative estimate of drug-likeness (QED) is 0.626. The maximum atomic E-state index is 13.8. The second-order valence-corrected chi connectivity index (χ2v) is 7.19. The van der Waals surface area contributed by atoms with Gasteiger partial charge in [-0.15, -0.1) is 0 Å². The molecule has 1 heterocycles. The third kappa shape index (κ3) is 5.54. The Labute approximate surface area is 161 Å². The topological polar surface area (TPSA) is 39.7 Å². The van der Waals surface area contributed by atoms with Gasteiger partial charge in [0.25, 0.3) is 0 Å². The predicted molar refractivity (Wildman–Crippen MR) is 109 cm³/mol. The Bertz CT molecular complexity index is 747. The van der Waals surface area contributed by atoms with Crippen LogP contribution in [0.25, 0.3) is 0 Å². The van der Waals surface area contributed by atoms with Crippen molar-refractivity contribution in [2.75, 3.05) is 13.6 Å². The van der Waals surface area contributed by atoms with Crippen molar-refractivity contribution in [1.29, 1.82) is 0 Å². The minimum Gasteiger partial charge on any atom is -0.354 e. The maximum Gasteiger partial charge on any atom is 0.191 e. The van der Waals surface area contributed by atoms with Crippen LogP contribution in [0.3, 0.4) is 0 Å². The molecule has 0 saturated carbocycles. The Balaban J connectivity index is 1.48. The number of likely N-dealkylation sites (tertiary alicyclic amines) is 1. The molecule has 2 aromatic carbocycles. The highest BCUT2D eigenvalue weighted by Crippen LogP contribution is 2.20. The van der Waals surface area contributed by atoms with Crippen LogP contribution in [0.2, 0.25) is 0 Å². The molecule has 0 aromatic heterocycles. The van der Waals surface area contributed by atoms with Gasteiger partial charge < -0.3 is 10.6 Å². The average Bonchev–Trinajstić information content (AvgIpc) is 2.69. The molecule has 2 atom stereocenters. The Kier molecular flexibility index (Phi) is 6.82. The van der Waals surface area contributed by atoms with E-state index in [9.17, 15) is 4.39 Å².